The lowest BCUT2D eigenvalue weighted by molar-refractivity contribution is -0.147. The van der Waals surface area contributed by atoms with Crippen LogP contribution in [0.2, 0.25) is 5.02 Å². The first-order valence-electron chi connectivity index (χ1n) is 14.2. The molecule has 1 aliphatic heterocycles. The van der Waals surface area contributed by atoms with Crippen molar-refractivity contribution in [1.82, 2.24) is 0 Å². The quantitative estimate of drug-likeness (QED) is 0.283. The fraction of sp³-hybridized carbons (Fsp3) is 0.382. The van der Waals surface area contributed by atoms with Crippen molar-refractivity contribution < 1.29 is 19.5 Å². The SMILES string of the molecule is CC(C)N(C(=O)[C@H]1C[C@H](C)N(C(=O)c2ccc(CCCC(C)(C)C(=O)O)cc2)c2ccccc21)c1ccc(Cl)cc1. The van der Waals surface area contributed by atoms with Gasteiger partial charge in [0.25, 0.3) is 5.91 Å². The molecule has 0 saturated heterocycles. The topological polar surface area (TPSA) is 77.9 Å². The lowest BCUT2D eigenvalue weighted by Gasteiger charge is -2.41. The third kappa shape index (κ3) is 6.65. The lowest BCUT2D eigenvalue weighted by atomic mass is 9.84. The van der Waals surface area contributed by atoms with E-state index in [4.69, 9.17) is 11.6 Å². The van der Waals surface area contributed by atoms with Gasteiger partial charge in [-0.1, -0.05) is 41.9 Å². The van der Waals surface area contributed by atoms with E-state index < -0.39 is 11.4 Å². The van der Waals surface area contributed by atoms with E-state index in [0.717, 1.165) is 35.3 Å². The minimum absolute atomic E-state index is 0.00384. The number of hydrogen-bond donors (Lipinski definition) is 1. The van der Waals surface area contributed by atoms with Gasteiger partial charge >= 0.3 is 5.97 Å². The predicted molar refractivity (Wildman–Crippen MR) is 165 cm³/mol. The highest BCUT2D eigenvalue weighted by Gasteiger charge is 2.39. The first kappa shape index (κ1) is 30.3. The third-order valence-electron chi connectivity index (χ3n) is 8.01. The summed E-state index contributed by atoms with van der Waals surface area (Å²) in [7, 11) is 0. The van der Waals surface area contributed by atoms with Gasteiger partial charge in [-0.05, 0) is 114 Å². The van der Waals surface area contributed by atoms with Gasteiger partial charge in [0.1, 0.15) is 0 Å². The summed E-state index contributed by atoms with van der Waals surface area (Å²) in [4.78, 5) is 42.9. The number of carbonyl (C=O) groups is 3. The summed E-state index contributed by atoms with van der Waals surface area (Å²) in [5, 5.41) is 9.96. The molecule has 0 saturated carbocycles. The molecule has 1 aliphatic rings. The van der Waals surface area contributed by atoms with Crippen molar-refractivity contribution in [3.05, 3.63) is 94.5 Å². The Balaban J connectivity index is 1.55. The van der Waals surface area contributed by atoms with Gasteiger partial charge in [0.15, 0.2) is 0 Å². The Kier molecular flexibility index (Phi) is 9.23. The molecule has 0 aromatic heterocycles. The minimum atomic E-state index is -0.791. The zero-order chi connectivity index (χ0) is 29.9. The largest absolute Gasteiger partial charge is 0.481 e. The van der Waals surface area contributed by atoms with Gasteiger partial charge in [-0.2, -0.15) is 0 Å². The van der Waals surface area contributed by atoms with E-state index in [1.54, 1.807) is 26.0 Å². The Morgan fingerprint density at radius 1 is 1.00 bits per heavy atom. The van der Waals surface area contributed by atoms with Gasteiger partial charge in [-0.25, -0.2) is 0 Å². The normalized spacial score (nSPS) is 16.8. The van der Waals surface area contributed by atoms with Gasteiger partial charge in [0.2, 0.25) is 5.91 Å². The fourth-order valence-electron chi connectivity index (χ4n) is 5.60. The van der Waals surface area contributed by atoms with Gasteiger partial charge in [-0.15, -0.1) is 0 Å². The zero-order valence-electron chi connectivity index (χ0n) is 24.4. The molecule has 1 heterocycles. The molecule has 0 aliphatic carbocycles. The first-order valence-corrected chi connectivity index (χ1v) is 14.6. The van der Waals surface area contributed by atoms with Crippen molar-refractivity contribution in [2.24, 2.45) is 5.41 Å². The van der Waals surface area contributed by atoms with Crippen molar-refractivity contribution in [2.75, 3.05) is 9.80 Å². The molecule has 3 aromatic carbocycles. The maximum absolute atomic E-state index is 14.1. The van der Waals surface area contributed by atoms with Crippen LogP contribution in [0, 0.1) is 5.41 Å². The number of amides is 2. The molecule has 6 nitrogen and oxygen atoms in total. The van der Waals surface area contributed by atoms with E-state index in [1.807, 2.05) is 91.2 Å². The van der Waals surface area contributed by atoms with Crippen LogP contribution in [0.25, 0.3) is 0 Å². The van der Waals surface area contributed by atoms with E-state index in [0.29, 0.717) is 23.4 Å². The Morgan fingerprint density at radius 3 is 2.24 bits per heavy atom. The van der Waals surface area contributed by atoms with Gasteiger partial charge in [0.05, 0.1) is 11.3 Å². The number of aryl methyl sites for hydroxylation is 1. The molecule has 0 fully saturated rings. The van der Waals surface area contributed by atoms with E-state index >= 15 is 0 Å². The summed E-state index contributed by atoms with van der Waals surface area (Å²) >= 11 is 6.10. The summed E-state index contributed by atoms with van der Waals surface area (Å²) in [6, 6.07) is 22.3. The molecule has 41 heavy (non-hydrogen) atoms. The average molecular weight is 575 g/mol. The Bertz CT molecular complexity index is 1400. The van der Waals surface area contributed by atoms with Gasteiger partial charge in [0, 0.05) is 34.0 Å². The van der Waals surface area contributed by atoms with Gasteiger partial charge < -0.3 is 14.9 Å². The number of fused-ring (bicyclic) bond motifs is 1. The molecule has 0 radical (unpaired) electrons. The molecular formula is C34H39ClN2O4. The number of nitrogens with zero attached hydrogens (tertiary/aromatic N) is 2. The second-order valence-electron chi connectivity index (χ2n) is 11.9. The molecule has 0 bridgehead atoms. The number of hydrogen-bond acceptors (Lipinski definition) is 3. The Hall–Kier alpha value is -3.64. The second kappa shape index (κ2) is 12.5. The number of carboxylic acids is 1. The molecule has 2 atom stereocenters. The maximum atomic E-state index is 14.1. The molecule has 2 amide bonds. The molecule has 4 rings (SSSR count). The smallest absolute Gasteiger partial charge is 0.309 e. The lowest BCUT2D eigenvalue weighted by Crippen LogP contribution is -2.48. The highest BCUT2D eigenvalue weighted by molar-refractivity contribution is 6.30. The fourth-order valence-corrected chi connectivity index (χ4v) is 5.73. The number of aliphatic carboxylic acids is 1. The maximum Gasteiger partial charge on any atom is 0.309 e. The zero-order valence-corrected chi connectivity index (χ0v) is 25.2. The number of anilines is 2. The van der Waals surface area contributed by atoms with E-state index in [2.05, 4.69) is 0 Å². The van der Waals surface area contributed by atoms with Crippen LogP contribution in [0.3, 0.4) is 0 Å². The van der Waals surface area contributed by atoms with Crippen molar-refractivity contribution in [3.63, 3.8) is 0 Å². The van der Waals surface area contributed by atoms with Crippen LogP contribution < -0.4 is 9.80 Å². The number of carbonyl (C=O) groups excluding carboxylic acids is 2. The van der Waals surface area contributed by atoms with Crippen LogP contribution in [0.4, 0.5) is 11.4 Å². The van der Waals surface area contributed by atoms with E-state index in [-0.39, 0.29) is 29.8 Å². The molecule has 1 N–H and O–H groups in total. The van der Waals surface area contributed by atoms with Crippen LogP contribution in [0.1, 0.15) is 81.3 Å². The number of para-hydroxylation sites is 1. The first-order chi connectivity index (χ1) is 19.4. The van der Waals surface area contributed by atoms with Crippen LogP contribution in [-0.2, 0) is 16.0 Å². The van der Waals surface area contributed by atoms with Crippen LogP contribution in [-0.4, -0.2) is 35.0 Å². The molecule has 216 valence electrons. The number of carboxylic acid groups (broad SMARTS) is 1. The van der Waals surface area contributed by atoms with Crippen molar-refractivity contribution in [3.8, 4) is 0 Å². The third-order valence-corrected chi connectivity index (χ3v) is 8.26. The van der Waals surface area contributed by atoms with Crippen LogP contribution in [0.15, 0.2) is 72.8 Å². The standard InChI is InChI=1S/C34H39ClN2O4/c1-22(2)36(27-18-16-26(35)17-19-27)32(39)29-21-23(3)37(30-11-7-6-10-28(29)30)31(38)25-14-12-24(13-15-25)9-8-20-34(4,5)33(40)41/h6-7,10-19,22-23,29H,8-9,20-21H2,1-5H3,(H,40,41)/t23-,29-/m0/s1. The monoisotopic (exact) mass is 574 g/mol. The Morgan fingerprint density at radius 2 is 1.63 bits per heavy atom. The van der Waals surface area contributed by atoms with E-state index in [9.17, 15) is 19.5 Å². The molecule has 7 heteroatoms. The predicted octanol–water partition coefficient (Wildman–Crippen LogP) is 7.74. The van der Waals surface area contributed by atoms with Crippen molar-refractivity contribution >= 4 is 40.8 Å². The number of rotatable bonds is 9. The van der Waals surface area contributed by atoms with Crippen LogP contribution in [0.5, 0.6) is 0 Å². The average Bonchev–Trinajstić information content (AvgIpc) is 2.93. The second-order valence-corrected chi connectivity index (χ2v) is 12.3. The summed E-state index contributed by atoms with van der Waals surface area (Å²) < 4.78 is 0. The molecule has 0 unspecified atom stereocenters. The highest BCUT2D eigenvalue weighted by atomic mass is 35.5. The molecular weight excluding hydrogens is 536 g/mol. The van der Waals surface area contributed by atoms with Crippen LogP contribution >= 0.6 is 11.6 Å². The highest BCUT2D eigenvalue weighted by Crippen LogP contribution is 2.41. The Labute approximate surface area is 247 Å². The molecule has 3 aromatic rings. The molecule has 0 spiro atoms. The number of halogens is 1. The minimum Gasteiger partial charge on any atom is -0.481 e. The summed E-state index contributed by atoms with van der Waals surface area (Å²) in [5.41, 5.74) is 3.29. The van der Waals surface area contributed by atoms with Crippen molar-refractivity contribution in [2.45, 2.75) is 78.3 Å². The summed E-state index contributed by atoms with van der Waals surface area (Å²) in [6.07, 6.45) is 2.59. The van der Waals surface area contributed by atoms with Crippen molar-refractivity contribution in [1.29, 1.82) is 0 Å². The number of benzene rings is 3. The van der Waals surface area contributed by atoms with Gasteiger partial charge in [-0.3, -0.25) is 14.4 Å². The van der Waals surface area contributed by atoms with E-state index in [1.165, 1.54) is 0 Å². The summed E-state index contributed by atoms with van der Waals surface area (Å²) in [6.45, 7) is 9.47. The summed E-state index contributed by atoms with van der Waals surface area (Å²) in [5.74, 6) is -1.28.